The van der Waals surface area contributed by atoms with Gasteiger partial charge in [0.25, 0.3) is 0 Å². The number of carbonyl (C=O) groups is 2. The molecule has 3 rings (SSSR count). The van der Waals surface area contributed by atoms with Crippen molar-refractivity contribution in [3.63, 3.8) is 0 Å². The number of hydrogen-bond acceptors (Lipinski definition) is 6. The number of aliphatic hydroxyl groups excluding tert-OH is 1. The molecule has 1 atom stereocenters. The Balaban J connectivity index is 1.37. The largest absolute Gasteiger partial charge is 0.491 e. The maximum atomic E-state index is 12.4. The number of aliphatic hydroxyl groups is 1. The predicted octanol–water partition coefficient (Wildman–Crippen LogP) is 2.37. The number of hydrogen-bond donors (Lipinski definition) is 2. The molecular formula is C22H27N3O4. The maximum absolute atomic E-state index is 12.4. The molecule has 1 aliphatic heterocycles. The Morgan fingerprint density at radius 3 is 2.55 bits per heavy atom. The van der Waals surface area contributed by atoms with Crippen molar-refractivity contribution in [3.8, 4) is 5.75 Å². The summed E-state index contributed by atoms with van der Waals surface area (Å²) in [6, 6.07) is 12.3. The summed E-state index contributed by atoms with van der Waals surface area (Å²) in [5.41, 5.74) is 0.632. The number of aromatic nitrogens is 1. The Labute approximate surface area is 170 Å². The summed E-state index contributed by atoms with van der Waals surface area (Å²) in [7, 11) is 0. The van der Waals surface area contributed by atoms with Crippen molar-refractivity contribution in [2.24, 2.45) is 5.92 Å². The molecule has 2 aromatic rings. The molecule has 1 aliphatic rings. The monoisotopic (exact) mass is 397 g/mol. The number of β-amino-alcohol motifs (C(OH)–C–C–N with tert-alkyl or cyclic N) is 1. The Morgan fingerprint density at radius 2 is 1.93 bits per heavy atom. The first-order valence-electron chi connectivity index (χ1n) is 9.87. The molecule has 1 aromatic heterocycles. The number of ether oxygens (including phenoxy) is 1. The van der Waals surface area contributed by atoms with E-state index in [1.165, 1.54) is 6.92 Å². The van der Waals surface area contributed by atoms with Crippen LogP contribution in [0.4, 0.5) is 5.82 Å². The van der Waals surface area contributed by atoms with Crippen LogP contribution in [0.3, 0.4) is 0 Å². The fraction of sp³-hybridized carbons (Fsp3) is 0.409. The van der Waals surface area contributed by atoms with Crippen molar-refractivity contribution in [2.75, 3.05) is 31.6 Å². The van der Waals surface area contributed by atoms with Gasteiger partial charge in [0, 0.05) is 24.2 Å². The van der Waals surface area contributed by atoms with Gasteiger partial charge in [-0.3, -0.25) is 9.59 Å². The average Bonchev–Trinajstić information content (AvgIpc) is 2.74. The van der Waals surface area contributed by atoms with Gasteiger partial charge in [-0.1, -0.05) is 6.07 Å². The van der Waals surface area contributed by atoms with E-state index in [-0.39, 0.29) is 24.2 Å². The number of nitrogens with one attached hydrogen (secondary N) is 1. The number of pyridine rings is 1. The van der Waals surface area contributed by atoms with Crippen LogP contribution < -0.4 is 10.1 Å². The van der Waals surface area contributed by atoms with Crippen LogP contribution >= 0.6 is 0 Å². The van der Waals surface area contributed by atoms with Crippen LogP contribution in [0, 0.1) is 5.92 Å². The van der Waals surface area contributed by atoms with Gasteiger partial charge in [0.2, 0.25) is 5.91 Å². The molecule has 0 bridgehead atoms. The van der Waals surface area contributed by atoms with Crippen molar-refractivity contribution in [3.05, 3.63) is 54.2 Å². The van der Waals surface area contributed by atoms with E-state index >= 15 is 0 Å². The Hall–Kier alpha value is -2.77. The quantitative estimate of drug-likeness (QED) is 0.665. The molecule has 1 saturated heterocycles. The SMILES string of the molecule is CC(=O)c1ccc(OCC(O)CN2CCC(C(=O)Nc3ccccn3)CC2)cc1. The molecule has 1 unspecified atom stereocenters. The van der Waals surface area contributed by atoms with Gasteiger partial charge >= 0.3 is 0 Å². The Kier molecular flexibility index (Phi) is 7.32. The van der Waals surface area contributed by atoms with Gasteiger partial charge in [-0.15, -0.1) is 0 Å². The highest BCUT2D eigenvalue weighted by Gasteiger charge is 2.26. The Bertz CT molecular complexity index is 803. The second-order valence-corrected chi connectivity index (χ2v) is 7.32. The third-order valence-corrected chi connectivity index (χ3v) is 5.05. The third-order valence-electron chi connectivity index (χ3n) is 5.05. The first kappa shape index (κ1) is 21.0. The number of anilines is 1. The zero-order valence-corrected chi connectivity index (χ0v) is 16.6. The van der Waals surface area contributed by atoms with E-state index < -0.39 is 6.10 Å². The highest BCUT2D eigenvalue weighted by molar-refractivity contribution is 5.94. The van der Waals surface area contributed by atoms with Crippen LogP contribution in [0.25, 0.3) is 0 Å². The van der Waals surface area contributed by atoms with Gasteiger partial charge < -0.3 is 20.1 Å². The van der Waals surface area contributed by atoms with Crippen LogP contribution in [-0.4, -0.2) is 59.0 Å². The normalized spacial score (nSPS) is 16.2. The summed E-state index contributed by atoms with van der Waals surface area (Å²) in [6.45, 7) is 3.71. The number of nitrogens with zero attached hydrogens (tertiary/aromatic N) is 2. The smallest absolute Gasteiger partial charge is 0.228 e. The van der Waals surface area contributed by atoms with E-state index in [1.54, 1.807) is 36.5 Å². The lowest BCUT2D eigenvalue weighted by atomic mass is 9.95. The standard InChI is InChI=1S/C22H27N3O4/c1-16(26)17-5-7-20(8-6-17)29-15-19(27)14-25-12-9-18(10-13-25)22(28)24-21-4-2-3-11-23-21/h2-8,11,18-19,27H,9-10,12-15H2,1H3,(H,23,24,28). The summed E-state index contributed by atoms with van der Waals surface area (Å²) >= 11 is 0. The van der Waals surface area contributed by atoms with E-state index in [1.807, 2.05) is 12.1 Å². The third kappa shape index (κ3) is 6.37. The minimum atomic E-state index is -0.624. The van der Waals surface area contributed by atoms with Crippen molar-refractivity contribution in [1.29, 1.82) is 0 Å². The minimum Gasteiger partial charge on any atom is -0.491 e. The van der Waals surface area contributed by atoms with Crippen LogP contribution in [0.2, 0.25) is 0 Å². The molecule has 7 nitrogen and oxygen atoms in total. The van der Waals surface area contributed by atoms with E-state index in [0.29, 0.717) is 23.7 Å². The molecule has 0 spiro atoms. The molecule has 0 aliphatic carbocycles. The van der Waals surface area contributed by atoms with Gasteiger partial charge in [-0.2, -0.15) is 0 Å². The topological polar surface area (TPSA) is 91.8 Å². The molecule has 1 aromatic carbocycles. The van der Waals surface area contributed by atoms with Gasteiger partial charge in [0.15, 0.2) is 5.78 Å². The lowest BCUT2D eigenvalue weighted by Crippen LogP contribution is -2.42. The predicted molar refractivity (Wildman–Crippen MR) is 110 cm³/mol. The number of carbonyl (C=O) groups excluding carboxylic acids is 2. The second-order valence-electron chi connectivity index (χ2n) is 7.32. The fourth-order valence-corrected chi connectivity index (χ4v) is 3.37. The summed E-state index contributed by atoms with van der Waals surface area (Å²) < 4.78 is 5.61. The van der Waals surface area contributed by atoms with E-state index in [0.717, 1.165) is 25.9 Å². The number of Topliss-reactive ketones (excluding diaryl/α,β-unsaturated/α-hetero) is 1. The molecule has 0 saturated carbocycles. The lowest BCUT2D eigenvalue weighted by molar-refractivity contribution is -0.121. The number of amides is 1. The van der Waals surface area contributed by atoms with Crippen molar-refractivity contribution in [2.45, 2.75) is 25.9 Å². The highest BCUT2D eigenvalue weighted by atomic mass is 16.5. The lowest BCUT2D eigenvalue weighted by Gasteiger charge is -2.32. The summed E-state index contributed by atoms with van der Waals surface area (Å²) in [5, 5.41) is 13.1. The van der Waals surface area contributed by atoms with E-state index in [2.05, 4.69) is 15.2 Å². The number of benzene rings is 1. The van der Waals surface area contributed by atoms with Gasteiger partial charge in [-0.25, -0.2) is 4.98 Å². The van der Waals surface area contributed by atoms with Crippen molar-refractivity contribution in [1.82, 2.24) is 9.88 Å². The molecule has 2 N–H and O–H groups in total. The maximum Gasteiger partial charge on any atom is 0.228 e. The summed E-state index contributed by atoms with van der Waals surface area (Å²) in [5.74, 6) is 1.17. The molecule has 1 fully saturated rings. The summed E-state index contributed by atoms with van der Waals surface area (Å²) in [6.07, 6.45) is 2.53. The van der Waals surface area contributed by atoms with Gasteiger partial charge in [0.05, 0.1) is 0 Å². The molecule has 0 radical (unpaired) electrons. The highest BCUT2D eigenvalue weighted by Crippen LogP contribution is 2.19. The van der Waals surface area contributed by atoms with Gasteiger partial charge in [-0.05, 0) is 69.3 Å². The average molecular weight is 397 g/mol. The van der Waals surface area contributed by atoms with Crippen LogP contribution in [0.15, 0.2) is 48.7 Å². The molecule has 1 amide bonds. The van der Waals surface area contributed by atoms with Gasteiger partial charge in [0.1, 0.15) is 24.3 Å². The van der Waals surface area contributed by atoms with E-state index in [9.17, 15) is 14.7 Å². The van der Waals surface area contributed by atoms with Crippen LogP contribution in [-0.2, 0) is 4.79 Å². The zero-order valence-electron chi connectivity index (χ0n) is 16.6. The molecule has 2 heterocycles. The van der Waals surface area contributed by atoms with Crippen molar-refractivity contribution < 1.29 is 19.4 Å². The molecule has 154 valence electrons. The number of ketones is 1. The number of likely N-dealkylation sites (tertiary alicyclic amines) is 1. The number of piperidine rings is 1. The first-order chi connectivity index (χ1) is 14.0. The molecular weight excluding hydrogens is 370 g/mol. The summed E-state index contributed by atoms with van der Waals surface area (Å²) in [4.78, 5) is 29.9. The number of rotatable bonds is 8. The van der Waals surface area contributed by atoms with E-state index in [4.69, 9.17) is 4.74 Å². The van der Waals surface area contributed by atoms with Crippen molar-refractivity contribution >= 4 is 17.5 Å². The fourth-order valence-electron chi connectivity index (χ4n) is 3.37. The molecule has 7 heteroatoms. The molecule has 29 heavy (non-hydrogen) atoms. The Morgan fingerprint density at radius 1 is 1.21 bits per heavy atom. The second kappa shape index (κ2) is 10.1. The first-order valence-corrected chi connectivity index (χ1v) is 9.87. The zero-order chi connectivity index (χ0) is 20.6. The minimum absolute atomic E-state index is 0.00115. The van der Waals surface area contributed by atoms with Crippen LogP contribution in [0.5, 0.6) is 5.75 Å². The van der Waals surface area contributed by atoms with Crippen LogP contribution in [0.1, 0.15) is 30.1 Å².